The number of fused-ring (bicyclic) bond motifs is 1. The second-order valence-electron chi connectivity index (χ2n) is 8.30. The van der Waals surface area contributed by atoms with Gasteiger partial charge in [-0.1, -0.05) is 20.8 Å². The molecule has 0 atom stereocenters. The molecule has 4 heterocycles. The fraction of sp³-hybridized carbons (Fsp3) is 0.526. The van der Waals surface area contributed by atoms with Crippen LogP contribution in [0.3, 0.4) is 0 Å². The van der Waals surface area contributed by atoms with Crippen molar-refractivity contribution in [2.45, 2.75) is 33.1 Å². The summed E-state index contributed by atoms with van der Waals surface area (Å²) < 4.78 is 1.78. The van der Waals surface area contributed by atoms with Crippen molar-refractivity contribution in [3.05, 3.63) is 29.8 Å². The van der Waals surface area contributed by atoms with E-state index in [9.17, 15) is 0 Å². The zero-order chi connectivity index (χ0) is 19.2. The van der Waals surface area contributed by atoms with Crippen LogP contribution >= 0.6 is 0 Å². The Labute approximate surface area is 159 Å². The zero-order valence-corrected chi connectivity index (χ0v) is 16.6. The standard InChI is InChI=1S/C19H26N8/c1-12-22-17(14-9-21-26(5)18(14)23-12)20-8-13-10-27(11-13)16-7-6-15(24-25-16)19(2,3)4/h6-7,9,13H,8,10-11H2,1-5H3,(H,20,22,23). The van der Waals surface area contributed by atoms with Crippen molar-refractivity contribution in [3.63, 3.8) is 0 Å². The molecule has 27 heavy (non-hydrogen) atoms. The van der Waals surface area contributed by atoms with Gasteiger partial charge in [-0.25, -0.2) is 9.97 Å². The van der Waals surface area contributed by atoms with Gasteiger partial charge in [-0.3, -0.25) is 4.68 Å². The average molecular weight is 366 g/mol. The summed E-state index contributed by atoms with van der Waals surface area (Å²) in [7, 11) is 1.90. The summed E-state index contributed by atoms with van der Waals surface area (Å²) in [6, 6.07) is 4.15. The van der Waals surface area contributed by atoms with Crippen LogP contribution < -0.4 is 10.2 Å². The monoisotopic (exact) mass is 366 g/mol. The van der Waals surface area contributed by atoms with Crippen LogP contribution in [0.25, 0.3) is 11.0 Å². The fourth-order valence-corrected chi connectivity index (χ4v) is 3.29. The van der Waals surface area contributed by atoms with Crippen LogP contribution in [0.1, 0.15) is 32.3 Å². The molecule has 3 aromatic heterocycles. The number of nitrogens with zero attached hydrogens (tertiary/aromatic N) is 7. The van der Waals surface area contributed by atoms with Crippen LogP contribution in [0, 0.1) is 12.8 Å². The topological polar surface area (TPSA) is 84.7 Å². The number of hydrogen-bond donors (Lipinski definition) is 1. The Hall–Kier alpha value is -2.77. The Morgan fingerprint density at radius 1 is 1.15 bits per heavy atom. The van der Waals surface area contributed by atoms with Crippen LogP contribution in [-0.2, 0) is 12.5 Å². The third kappa shape index (κ3) is 3.43. The molecule has 0 aromatic carbocycles. The summed E-state index contributed by atoms with van der Waals surface area (Å²) in [5.41, 5.74) is 1.90. The second kappa shape index (κ2) is 6.44. The molecule has 1 saturated heterocycles. The van der Waals surface area contributed by atoms with Crippen LogP contribution in [-0.4, -0.2) is 49.6 Å². The maximum atomic E-state index is 4.54. The van der Waals surface area contributed by atoms with Crippen LogP contribution in [0.15, 0.2) is 18.3 Å². The molecule has 0 unspecified atom stereocenters. The molecule has 1 aliphatic heterocycles. The zero-order valence-electron chi connectivity index (χ0n) is 16.6. The predicted molar refractivity (Wildman–Crippen MR) is 106 cm³/mol. The van der Waals surface area contributed by atoms with Crippen molar-refractivity contribution in [1.82, 2.24) is 29.9 Å². The van der Waals surface area contributed by atoms with E-state index in [-0.39, 0.29) is 5.41 Å². The van der Waals surface area contributed by atoms with Crippen molar-refractivity contribution in [3.8, 4) is 0 Å². The fourth-order valence-electron chi connectivity index (χ4n) is 3.29. The van der Waals surface area contributed by atoms with Gasteiger partial charge in [0, 0.05) is 38.0 Å². The highest BCUT2D eigenvalue weighted by molar-refractivity contribution is 5.86. The maximum absolute atomic E-state index is 4.54. The SMILES string of the molecule is Cc1nc(NCC2CN(c3ccc(C(C)(C)C)nn3)C2)c2cnn(C)c2n1. The second-order valence-corrected chi connectivity index (χ2v) is 8.30. The largest absolute Gasteiger partial charge is 0.369 e. The molecule has 0 saturated carbocycles. The lowest BCUT2D eigenvalue weighted by atomic mass is 9.92. The first-order chi connectivity index (χ1) is 12.8. The van der Waals surface area contributed by atoms with E-state index in [0.29, 0.717) is 5.92 Å². The van der Waals surface area contributed by atoms with Crippen molar-refractivity contribution in [1.29, 1.82) is 0 Å². The predicted octanol–water partition coefficient (Wildman–Crippen LogP) is 2.31. The number of hydrogen-bond acceptors (Lipinski definition) is 7. The van der Waals surface area contributed by atoms with E-state index in [2.05, 4.69) is 68.4 Å². The molecule has 0 bridgehead atoms. The van der Waals surface area contributed by atoms with Gasteiger partial charge in [0.15, 0.2) is 11.5 Å². The lowest BCUT2D eigenvalue weighted by Gasteiger charge is -2.40. The Kier molecular flexibility index (Phi) is 4.20. The summed E-state index contributed by atoms with van der Waals surface area (Å²) in [5, 5.41) is 17.5. The van der Waals surface area contributed by atoms with Gasteiger partial charge in [-0.2, -0.15) is 10.2 Å². The molecule has 142 valence electrons. The van der Waals surface area contributed by atoms with Crippen LogP contribution in [0.5, 0.6) is 0 Å². The van der Waals surface area contributed by atoms with E-state index in [0.717, 1.165) is 53.8 Å². The van der Waals surface area contributed by atoms with E-state index in [1.165, 1.54) is 0 Å². The number of nitrogens with one attached hydrogen (secondary N) is 1. The average Bonchev–Trinajstić information content (AvgIpc) is 2.94. The molecular weight excluding hydrogens is 340 g/mol. The molecule has 0 amide bonds. The molecule has 8 heteroatoms. The highest BCUT2D eigenvalue weighted by Gasteiger charge is 2.28. The minimum absolute atomic E-state index is 0.0280. The van der Waals surface area contributed by atoms with Crippen molar-refractivity contribution >= 4 is 22.7 Å². The number of rotatable bonds is 4. The summed E-state index contributed by atoms with van der Waals surface area (Å²) >= 11 is 0. The molecule has 0 radical (unpaired) electrons. The first-order valence-corrected chi connectivity index (χ1v) is 9.30. The number of aryl methyl sites for hydroxylation is 2. The highest BCUT2D eigenvalue weighted by atomic mass is 15.3. The lowest BCUT2D eigenvalue weighted by Crippen LogP contribution is -2.50. The Morgan fingerprint density at radius 2 is 1.93 bits per heavy atom. The third-order valence-electron chi connectivity index (χ3n) is 4.96. The molecule has 0 aliphatic carbocycles. The van der Waals surface area contributed by atoms with Crippen molar-refractivity contribution in [2.75, 3.05) is 29.9 Å². The van der Waals surface area contributed by atoms with Gasteiger partial charge >= 0.3 is 0 Å². The van der Waals surface area contributed by atoms with E-state index in [1.54, 1.807) is 4.68 Å². The van der Waals surface area contributed by atoms with Gasteiger partial charge in [0.2, 0.25) is 0 Å². The van der Waals surface area contributed by atoms with Crippen molar-refractivity contribution in [2.24, 2.45) is 13.0 Å². The Bertz CT molecular complexity index is 948. The normalized spacial score (nSPS) is 15.2. The van der Waals surface area contributed by atoms with Gasteiger partial charge < -0.3 is 10.2 Å². The first kappa shape index (κ1) is 17.6. The summed E-state index contributed by atoms with van der Waals surface area (Å²) in [6.07, 6.45) is 1.82. The van der Waals surface area contributed by atoms with E-state index >= 15 is 0 Å². The lowest BCUT2D eigenvalue weighted by molar-refractivity contribution is 0.424. The minimum Gasteiger partial charge on any atom is -0.369 e. The van der Waals surface area contributed by atoms with Gasteiger partial charge in [-0.15, -0.1) is 5.10 Å². The molecule has 1 N–H and O–H groups in total. The van der Waals surface area contributed by atoms with E-state index in [1.807, 2.05) is 20.2 Å². The molecule has 0 spiro atoms. The Balaban J connectivity index is 1.36. The van der Waals surface area contributed by atoms with E-state index < -0.39 is 0 Å². The molecular formula is C19H26N8. The Morgan fingerprint density at radius 3 is 2.59 bits per heavy atom. The quantitative estimate of drug-likeness (QED) is 0.758. The maximum Gasteiger partial charge on any atom is 0.163 e. The molecule has 4 rings (SSSR count). The smallest absolute Gasteiger partial charge is 0.163 e. The number of aromatic nitrogens is 6. The summed E-state index contributed by atoms with van der Waals surface area (Å²) in [4.78, 5) is 11.3. The molecule has 1 aliphatic rings. The van der Waals surface area contributed by atoms with Gasteiger partial charge in [0.25, 0.3) is 0 Å². The van der Waals surface area contributed by atoms with Crippen LogP contribution in [0.2, 0.25) is 0 Å². The molecule has 8 nitrogen and oxygen atoms in total. The summed E-state index contributed by atoms with van der Waals surface area (Å²) in [6.45, 7) is 11.2. The minimum atomic E-state index is 0.0280. The van der Waals surface area contributed by atoms with Crippen LogP contribution in [0.4, 0.5) is 11.6 Å². The summed E-state index contributed by atoms with van der Waals surface area (Å²) in [5.74, 6) is 3.11. The van der Waals surface area contributed by atoms with Gasteiger partial charge in [0.1, 0.15) is 11.6 Å². The third-order valence-corrected chi connectivity index (χ3v) is 4.96. The van der Waals surface area contributed by atoms with Crippen molar-refractivity contribution < 1.29 is 0 Å². The molecule has 1 fully saturated rings. The van der Waals surface area contributed by atoms with E-state index in [4.69, 9.17) is 0 Å². The van der Waals surface area contributed by atoms with Gasteiger partial charge in [-0.05, 0) is 19.1 Å². The first-order valence-electron chi connectivity index (χ1n) is 9.30. The highest BCUT2D eigenvalue weighted by Crippen LogP contribution is 2.26. The number of anilines is 2. The van der Waals surface area contributed by atoms with Gasteiger partial charge in [0.05, 0.1) is 17.3 Å². The molecule has 3 aromatic rings.